The van der Waals surface area contributed by atoms with Gasteiger partial charge in [0.1, 0.15) is 5.75 Å². The largest absolute Gasteiger partial charge is 0.507 e. The molecule has 28 heavy (non-hydrogen) atoms. The second-order valence-corrected chi connectivity index (χ2v) is 9.66. The Kier molecular flexibility index (Phi) is 6.34. The maximum Gasteiger partial charge on any atom is 0.151 e. The van der Waals surface area contributed by atoms with Crippen molar-refractivity contribution in [2.75, 3.05) is 25.3 Å². The highest BCUT2D eigenvalue weighted by Crippen LogP contribution is 2.30. The van der Waals surface area contributed by atoms with E-state index in [2.05, 4.69) is 26.5 Å². The van der Waals surface area contributed by atoms with Crippen molar-refractivity contribution in [3.05, 3.63) is 41.3 Å². The van der Waals surface area contributed by atoms with Crippen molar-refractivity contribution >= 4 is 21.6 Å². The van der Waals surface area contributed by atoms with Gasteiger partial charge in [0.2, 0.25) is 0 Å². The van der Waals surface area contributed by atoms with E-state index in [-0.39, 0.29) is 5.75 Å². The molecule has 0 radical (unpaired) electrons. The van der Waals surface area contributed by atoms with Crippen LogP contribution in [0.2, 0.25) is 0 Å². The van der Waals surface area contributed by atoms with Crippen molar-refractivity contribution in [2.24, 2.45) is 4.36 Å². The molecule has 2 aromatic rings. The van der Waals surface area contributed by atoms with Gasteiger partial charge in [0.05, 0.1) is 15.4 Å². The summed E-state index contributed by atoms with van der Waals surface area (Å²) in [4.78, 5) is 2.21. The highest BCUT2D eigenvalue weighted by Gasteiger charge is 2.19. The minimum absolute atomic E-state index is 0.112. The summed E-state index contributed by atoms with van der Waals surface area (Å²) in [7, 11) is 1.28. The summed E-state index contributed by atoms with van der Waals surface area (Å²) >= 11 is 0. The molecule has 1 heterocycles. The first kappa shape index (κ1) is 20.3. The minimum atomic E-state index is -2.33. The first-order valence-electron chi connectivity index (χ1n) is 9.58. The third kappa shape index (κ3) is 4.90. The van der Waals surface area contributed by atoms with E-state index in [4.69, 9.17) is 0 Å². The summed E-state index contributed by atoms with van der Waals surface area (Å²) in [5.41, 5.74) is 1.99. The number of phenols is 1. The fourth-order valence-corrected chi connectivity index (χ4v) is 3.98. The van der Waals surface area contributed by atoms with E-state index in [0.29, 0.717) is 17.3 Å². The van der Waals surface area contributed by atoms with Crippen LogP contribution in [0, 0.1) is 0 Å². The van der Waals surface area contributed by atoms with E-state index in [1.165, 1.54) is 39.2 Å². The molecule has 1 fully saturated rings. The molecule has 1 aliphatic rings. The molecule has 1 unspecified atom stereocenters. The Morgan fingerprint density at radius 2 is 1.93 bits per heavy atom. The SMILES string of the molecule is CN=S(C)(=O)/C=C/c1ccc(-c2ccc(N(C)C3CCCCC3)nn2)c(O)c1. The predicted octanol–water partition coefficient (Wildman–Crippen LogP) is 4.32. The van der Waals surface area contributed by atoms with Crippen LogP contribution in [0.25, 0.3) is 17.3 Å². The molecule has 0 bridgehead atoms. The van der Waals surface area contributed by atoms with Gasteiger partial charge in [0.15, 0.2) is 5.82 Å². The van der Waals surface area contributed by atoms with Gasteiger partial charge in [0.25, 0.3) is 0 Å². The van der Waals surface area contributed by atoms with Gasteiger partial charge < -0.3 is 10.0 Å². The van der Waals surface area contributed by atoms with Crippen LogP contribution < -0.4 is 4.90 Å². The lowest BCUT2D eigenvalue weighted by Crippen LogP contribution is -2.34. The van der Waals surface area contributed by atoms with Crippen LogP contribution in [0.15, 0.2) is 40.1 Å². The topological polar surface area (TPSA) is 78.7 Å². The van der Waals surface area contributed by atoms with E-state index in [0.717, 1.165) is 11.4 Å². The number of anilines is 1. The molecule has 7 heteroatoms. The number of aromatic nitrogens is 2. The Hall–Kier alpha value is -2.41. The number of aromatic hydroxyl groups is 1. The van der Waals surface area contributed by atoms with E-state index in [9.17, 15) is 9.32 Å². The Labute approximate surface area is 167 Å². The number of hydrogen-bond donors (Lipinski definition) is 1. The van der Waals surface area contributed by atoms with E-state index in [1.54, 1.807) is 29.9 Å². The molecular weight excluding hydrogens is 372 g/mol. The normalized spacial score (nSPS) is 17.4. The number of nitrogens with zero attached hydrogens (tertiary/aromatic N) is 4. The summed E-state index contributed by atoms with van der Waals surface area (Å²) in [6.07, 6.45) is 9.53. The predicted molar refractivity (Wildman–Crippen MR) is 116 cm³/mol. The molecular formula is C21H28N4O2S. The van der Waals surface area contributed by atoms with Crippen LogP contribution in [0.3, 0.4) is 0 Å². The smallest absolute Gasteiger partial charge is 0.151 e. The second kappa shape index (κ2) is 8.73. The molecule has 3 rings (SSSR count). The number of phenolic OH excluding ortho intramolecular Hbond substituents is 1. The molecule has 1 saturated carbocycles. The van der Waals surface area contributed by atoms with Crippen molar-refractivity contribution in [3.63, 3.8) is 0 Å². The first-order valence-corrected chi connectivity index (χ1v) is 11.6. The fourth-order valence-electron chi connectivity index (χ4n) is 3.45. The van der Waals surface area contributed by atoms with Crippen molar-refractivity contribution in [1.29, 1.82) is 0 Å². The Balaban J connectivity index is 1.77. The maximum absolute atomic E-state index is 12.0. The highest BCUT2D eigenvalue weighted by molar-refractivity contribution is 7.95. The van der Waals surface area contributed by atoms with Gasteiger partial charge in [-0.3, -0.25) is 0 Å². The van der Waals surface area contributed by atoms with Crippen LogP contribution >= 0.6 is 0 Å². The zero-order chi connectivity index (χ0) is 20.1. The number of hydrogen-bond acceptors (Lipinski definition) is 6. The zero-order valence-electron chi connectivity index (χ0n) is 16.7. The third-order valence-corrected chi connectivity index (χ3v) is 6.67. The summed E-state index contributed by atoms with van der Waals surface area (Å²) in [6.45, 7) is 0. The summed E-state index contributed by atoms with van der Waals surface area (Å²) < 4.78 is 15.8. The van der Waals surface area contributed by atoms with Gasteiger partial charge in [-0.2, -0.15) is 0 Å². The lowest BCUT2D eigenvalue weighted by Gasteiger charge is -2.31. The molecule has 0 saturated heterocycles. The Morgan fingerprint density at radius 1 is 1.18 bits per heavy atom. The molecule has 150 valence electrons. The molecule has 0 amide bonds. The standard InChI is InChI=1S/C21H28N4O2S/c1-22-28(3,27)14-13-16-9-10-18(20(26)15-16)19-11-12-21(24-23-19)25(2)17-7-5-4-6-8-17/h9-15,17,26H,4-8H2,1-3H3/b14-13+. The van der Waals surface area contributed by atoms with Crippen molar-refractivity contribution in [2.45, 2.75) is 38.1 Å². The molecule has 1 aliphatic carbocycles. The summed E-state index contributed by atoms with van der Waals surface area (Å²) in [5.74, 6) is 0.969. The lowest BCUT2D eigenvalue weighted by molar-refractivity contribution is 0.425. The van der Waals surface area contributed by atoms with Gasteiger partial charge in [-0.1, -0.05) is 25.3 Å². The zero-order valence-corrected chi connectivity index (χ0v) is 17.5. The molecule has 1 aromatic heterocycles. The average Bonchev–Trinajstić information content (AvgIpc) is 2.73. The number of benzene rings is 1. The van der Waals surface area contributed by atoms with Crippen molar-refractivity contribution in [3.8, 4) is 17.0 Å². The van der Waals surface area contributed by atoms with Gasteiger partial charge in [-0.15, -0.1) is 10.2 Å². The van der Waals surface area contributed by atoms with Gasteiger partial charge in [-0.25, -0.2) is 8.57 Å². The van der Waals surface area contributed by atoms with Crippen LogP contribution in [0.5, 0.6) is 5.75 Å². The number of rotatable bonds is 5. The summed E-state index contributed by atoms with van der Waals surface area (Å²) in [5, 5.41) is 20.7. The van der Waals surface area contributed by atoms with Gasteiger partial charge >= 0.3 is 0 Å². The van der Waals surface area contributed by atoms with E-state index < -0.39 is 9.73 Å². The Morgan fingerprint density at radius 3 is 2.54 bits per heavy atom. The summed E-state index contributed by atoms with van der Waals surface area (Å²) in [6, 6.07) is 9.64. The molecule has 1 atom stereocenters. The first-order chi connectivity index (χ1) is 13.4. The van der Waals surface area contributed by atoms with Crippen LogP contribution in [-0.4, -0.2) is 45.9 Å². The van der Waals surface area contributed by atoms with Crippen LogP contribution in [0.4, 0.5) is 5.82 Å². The lowest BCUT2D eigenvalue weighted by atomic mass is 9.94. The van der Waals surface area contributed by atoms with Gasteiger partial charge in [0, 0.05) is 37.4 Å². The molecule has 1 N–H and O–H groups in total. The van der Waals surface area contributed by atoms with Gasteiger partial charge in [-0.05, 0) is 48.7 Å². The van der Waals surface area contributed by atoms with Crippen LogP contribution in [0.1, 0.15) is 37.7 Å². The second-order valence-electron chi connectivity index (χ2n) is 7.30. The molecule has 0 aliphatic heterocycles. The molecule has 6 nitrogen and oxygen atoms in total. The minimum Gasteiger partial charge on any atom is -0.507 e. The maximum atomic E-state index is 12.0. The van der Waals surface area contributed by atoms with E-state index in [1.807, 2.05) is 18.2 Å². The van der Waals surface area contributed by atoms with E-state index >= 15 is 0 Å². The quantitative estimate of drug-likeness (QED) is 0.809. The Bertz CT molecular complexity index is 957. The monoisotopic (exact) mass is 400 g/mol. The molecule has 1 aromatic carbocycles. The third-order valence-electron chi connectivity index (χ3n) is 5.31. The average molecular weight is 401 g/mol. The molecule has 0 spiro atoms. The van der Waals surface area contributed by atoms with Crippen molar-refractivity contribution < 1.29 is 9.32 Å². The van der Waals surface area contributed by atoms with Crippen LogP contribution in [-0.2, 0) is 9.73 Å². The fraction of sp³-hybridized carbons (Fsp3) is 0.429. The highest BCUT2D eigenvalue weighted by atomic mass is 32.2. The van der Waals surface area contributed by atoms with Crippen molar-refractivity contribution in [1.82, 2.24) is 10.2 Å².